The van der Waals surface area contributed by atoms with Crippen molar-refractivity contribution in [2.45, 2.75) is 76.5 Å². The van der Waals surface area contributed by atoms with Gasteiger partial charge in [0.2, 0.25) is 23.6 Å². The number of carbonyl (C=O) groups is 5. The molecule has 1 heterocycles. The fourth-order valence-electron chi connectivity index (χ4n) is 4.22. The Balaban J connectivity index is 2.16. The van der Waals surface area contributed by atoms with Crippen molar-refractivity contribution >= 4 is 29.6 Å². The van der Waals surface area contributed by atoms with Crippen molar-refractivity contribution in [3.63, 3.8) is 0 Å². The summed E-state index contributed by atoms with van der Waals surface area (Å²) in [7, 11) is 0. The summed E-state index contributed by atoms with van der Waals surface area (Å²) in [6.07, 6.45) is 1.23. The topological polar surface area (TPSA) is 205 Å². The predicted octanol–water partition coefficient (Wildman–Crippen LogP) is -0.381. The quantitative estimate of drug-likeness (QED) is 0.202. The minimum absolute atomic E-state index is 0.0685. The summed E-state index contributed by atoms with van der Waals surface area (Å²) in [4.78, 5) is 63.6. The van der Waals surface area contributed by atoms with Crippen molar-refractivity contribution in [1.82, 2.24) is 15.5 Å². The molecular formula is C25H37N5O7. The Labute approximate surface area is 215 Å². The van der Waals surface area contributed by atoms with Gasteiger partial charge in [-0.25, -0.2) is 4.79 Å². The van der Waals surface area contributed by atoms with E-state index in [0.717, 1.165) is 0 Å². The number of phenols is 1. The van der Waals surface area contributed by atoms with Gasteiger partial charge in [0.1, 0.15) is 23.9 Å². The Kier molecular flexibility index (Phi) is 10.9. The molecule has 1 fully saturated rings. The average Bonchev–Trinajstić information content (AvgIpc) is 3.35. The number of nitrogens with one attached hydrogen (secondary N) is 2. The summed E-state index contributed by atoms with van der Waals surface area (Å²) < 4.78 is 0. The number of likely N-dealkylation sites (tertiary alicyclic amines) is 1. The molecule has 4 amide bonds. The molecular weight excluding hydrogens is 482 g/mol. The SMILES string of the molecule is CC[C@H](C)[C@H](NC(=O)[C@H](CCC(N)=O)NC(=O)[C@@H](N)Cc1ccc(O)cc1)C(=O)N1CCC[C@H]1C(=O)O. The van der Waals surface area contributed by atoms with Crippen LogP contribution in [0, 0.1) is 5.92 Å². The van der Waals surface area contributed by atoms with E-state index in [4.69, 9.17) is 11.5 Å². The van der Waals surface area contributed by atoms with Crippen LogP contribution in [0.25, 0.3) is 0 Å². The van der Waals surface area contributed by atoms with Crippen LogP contribution >= 0.6 is 0 Å². The Morgan fingerprint density at radius 1 is 1.11 bits per heavy atom. The zero-order valence-electron chi connectivity index (χ0n) is 21.2. The number of amides is 4. The number of hydrogen-bond acceptors (Lipinski definition) is 7. The lowest BCUT2D eigenvalue weighted by molar-refractivity contribution is -0.150. The summed E-state index contributed by atoms with van der Waals surface area (Å²) in [5.74, 6) is -3.87. The number of carbonyl (C=O) groups excluding carboxylic acids is 4. The molecule has 2 rings (SSSR count). The Hall–Kier alpha value is -3.67. The summed E-state index contributed by atoms with van der Waals surface area (Å²) >= 11 is 0. The second-order valence-corrected chi connectivity index (χ2v) is 9.44. The molecule has 12 nitrogen and oxygen atoms in total. The van der Waals surface area contributed by atoms with Crippen molar-refractivity contribution < 1.29 is 34.2 Å². The Bertz CT molecular complexity index is 984. The largest absolute Gasteiger partial charge is 0.508 e. The molecule has 0 bridgehead atoms. The van der Waals surface area contributed by atoms with Crippen LogP contribution in [0.5, 0.6) is 5.75 Å². The number of carboxylic acid groups (broad SMARTS) is 1. The average molecular weight is 520 g/mol. The number of hydrogen-bond donors (Lipinski definition) is 6. The molecule has 5 atom stereocenters. The summed E-state index contributed by atoms with van der Waals surface area (Å²) in [5.41, 5.74) is 12.0. The van der Waals surface area contributed by atoms with Crippen LogP contribution in [0.4, 0.5) is 0 Å². The first-order valence-electron chi connectivity index (χ1n) is 12.4. The first kappa shape index (κ1) is 29.6. The van der Waals surface area contributed by atoms with Crippen LogP contribution < -0.4 is 22.1 Å². The van der Waals surface area contributed by atoms with E-state index < -0.39 is 53.8 Å². The number of phenolic OH excluding ortho intramolecular Hbond substituents is 1. The van der Waals surface area contributed by atoms with Crippen molar-refractivity contribution in [3.05, 3.63) is 29.8 Å². The van der Waals surface area contributed by atoms with Crippen molar-refractivity contribution in [3.8, 4) is 5.75 Å². The number of rotatable bonds is 13. The van der Waals surface area contributed by atoms with Crippen LogP contribution in [-0.2, 0) is 30.4 Å². The maximum Gasteiger partial charge on any atom is 0.326 e. The van der Waals surface area contributed by atoms with E-state index in [2.05, 4.69) is 10.6 Å². The zero-order chi connectivity index (χ0) is 27.7. The summed E-state index contributed by atoms with van der Waals surface area (Å²) in [6.45, 7) is 3.87. The molecule has 0 aliphatic carbocycles. The summed E-state index contributed by atoms with van der Waals surface area (Å²) in [5, 5.41) is 24.1. The number of primary amides is 1. The fraction of sp³-hybridized carbons (Fsp3) is 0.560. The van der Waals surface area contributed by atoms with Gasteiger partial charge in [0.15, 0.2) is 0 Å². The highest BCUT2D eigenvalue weighted by atomic mass is 16.4. The summed E-state index contributed by atoms with van der Waals surface area (Å²) in [6, 6.07) is 1.96. The molecule has 204 valence electrons. The minimum Gasteiger partial charge on any atom is -0.508 e. The van der Waals surface area contributed by atoms with E-state index in [-0.39, 0.29) is 37.5 Å². The van der Waals surface area contributed by atoms with Crippen molar-refractivity contribution in [1.29, 1.82) is 0 Å². The van der Waals surface area contributed by atoms with E-state index in [1.165, 1.54) is 17.0 Å². The van der Waals surface area contributed by atoms with Gasteiger partial charge in [-0.2, -0.15) is 0 Å². The normalized spacial score (nSPS) is 18.4. The van der Waals surface area contributed by atoms with Crippen LogP contribution in [0.3, 0.4) is 0 Å². The van der Waals surface area contributed by atoms with Gasteiger partial charge in [-0.15, -0.1) is 0 Å². The highest BCUT2D eigenvalue weighted by Gasteiger charge is 2.40. The predicted molar refractivity (Wildman–Crippen MR) is 134 cm³/mol. The standard InChI is InChI=1S/C25H37N5O7/c1-3-14(2)21(24(35)30-12-4-5-19(30)25(36)37)29-23(34)18(10-11-20(27)32)28-22(33)17(26)13-15-6-8-16(31)9-7-15/h6-9,14,17-19,21,31H,3-5,10-13,26H2,1-2H3,(H2,27,32)(H,28,33)(H,29,34)(H,36,37)/t14-,17-,18-,19-,21-/m0/s1. The van der Waals surface area contributed by atoms with Gasteiger partial charge >= 0.3 is 5.97 Å². The Morgan fingerprint density at radius 3 is 2.32 bits per heavy atom. The monoisotopic (exact) mass is 519 g/mol. The molecule has 1 aromatic carbocycles. The van der Waals surface area contributed by atoms with E-state index in [0.29, 0.717) is 24.8 Å². The number of nitrogens with zero attached hydrogens (tertiary/aromatic N) is 1. The Morgan fingerprint density at radius 2 is 1.76 bits per heavy atom. The maximum atomic E-state index is 13.3. The second kappa shape index (κ2) is 13.6. The second-order valence-electron chi connectivity index (χ2n) is 9.44. The number of benzene rings is 1. The molecule has 12 heteroatoms. The van der Waals surface area contributed by atoms with Crippen LogP contribution in [-0.4, -0.2) is 75.4 Å². The van der Waals surface area contributed by atoms with Gasteiger partial charge in [0.05, 0.1) is 6.04 Å². The third-order valence-electron chi connectivity index (χ3n) is 6.64. The van der Waals surface area contributed by atoms with Gasteiger partial charge in [-0.05, 0) is 49.3 Å². The van der Waals surface area contributed by atoms with Crippen LogP contribution in [0.2, 0.25) is 0 Å². The van der Waals surface area contributed by atoms with E-state index >= 15 is 0 Å². The molecule has 0 radical (unpaired) electrons. The third kappa shape index (κ3) is 8.45. The van der Waals surface area contributed by atoms with Gasteiger partial charge in [-0.3, -0.25) is 19.2 Å². The lowest BCUT2D eigenvalue weighted by atomic mass is 9.96. The highest BCUT2D eigenvalue weighted by molar-refractivity contribution is 5.94. The van der Waals surface area contributed by atoms with Crippen LogP contribution in [0.15, 0.2) is 24.3 Å². The molecule has 1 aliphatic rings. The van der Waals surface area contributed by atoms with E-state index in [1.54, 1.807) is 19.1 Å². The van der Waals surface area contributed by atoms with E-state index in [1.807, 2.05) is 6.92 Å². The molecule has 1 saturated heterocycles. The molecule has 1 aromatic rings. The molecule has 0 saturated carbocycles. The van der Waals surface area contributed by atoms with Crippen LogP contribution in [0.1, 0.15) is 51.5 Å². The van der Waals surface area contributed by atoms with Gasteiger partial charge in [0, 0.05) is 13.0 Å². The fourth-order valence-corrected chi connectivity index (χ4v) is 4.22. The first-order chi connectivity index (χ1) is 17.4. The molecule has 0 aromatic heterocycles. The first-order valence-corrected chi connectivity index (χ1v) is 12.4. The smallest absolute Gasteiger partial charge is 0.326 e. The molecule has 37 heavy (non-hydrogen) atoms. The van der Waals surface area contributed by atoms with Gasteiger partial charge < -0.3 is 37.2 Å². The number of carboxylic acids is 1. The molecule has 1 aliphatic heterocycles. The van der Waals surface area contributed by atoms with Crippen molar-refractivity contribution in [2.24, 2.45) is 17.4 Å². The molecule has 0 spiro atoms. The van der Waals surface area contributed by atoms with Crippen molar-refractivity contribution in [2.75, 3.05) is 6.54 Å². The van der Waals surface area contributed by atoms with Gasteiger partial charge in [0.25, 0.3) is 0 Å². The van der Waals surface area contributed by atoms with E-state index in [9.17, 15) is 34.2 Å². The number of nitrogens with two attached hydrogens (primary N) is 2. The maximum absolute atomic E-state index is 13.3. The van der Waals surface area contributed by atoms with Gasteiger partial charge in [-0.1, -0.05) is 32.4 Å². The zero-order valence-corrected chi connectivity index (χ0v) is 21.2. The highest BCUT2D eigenvalue weighted by Crippen LogP contribution is 2.21. The minimum atomic E-state index is -1.20. The number of aliphatic carboxylic acids is 1. The third-order valence-corrected chi connectivity index (χ3v) is 6.64. The molecule has 8 N–H and O–H groups in total. The lowest BCUT2D eigenvalue weighted by Crippen LogP contribution is -2.58. The molecule has 0 unspecified atom stereocenters. The lowest BCUT2D eigenvalue weighted by Gasteiger charge is -2.31. The number of aromatic hydroxyl groups is 1.